The second-order valence-electron chi connectivity index (χ2n) is 4.53. The molecule has 1 heterocycles. The summed E-state index contributed by atoms with van der Waals surface area (Å²) in [6, 6.07) is 6.27. The Labute approximate surface area is 137 Å². The van der Waals surface area contributed by atoms with Crippen LogP contribution in [0.4, 0.5) is 5.13 Å². The normalized spacial score (nSPS) is 11.0. The van der Waals surface area contributed by atoms with E-state index in [-0.39, 0.29) is 27.1 Å². The number of rotatable bonds is 5. The minimum absolute atomic E-state index is 0.0542. The van der Waals surface area contributed by atoms with Crippen LogP contribution in [0.5, 0.6) is 5.75 Å². The average molecular weight is 354 g/mol. The maximum absolute atomic E-state index is 12.3. The van der Waals surface area contributed by atoms with E-state index in [2.05, 4.69) is 10.3 Å². The quantitative estimate of drug-likeness (QED) is 0.652. The molecule has 0 atom stereocenters. The number of para-hydroxylation sites is 1. The molecule has 0 radical (unpaired) electrons. The number of anilines is 1. The van der Waals surface area contributed by atoms with Gasteiger partial charge in [-0.05, 0) is 12.1 Å². The lowest BCUT2D eigenvalue weighted by Crippen LogP contribution is -2.15. The van der Waals surface area contributed by atoms with Crippen LogP contribution in [-0.4, -0.2) is 31.5 Å². The molecular formula is C14H14N2O5S2. The fourth-order valence-corrected chi connectivity index (χ4v) is 3.22. The van der Waals surface area contributed by atoms with Crippen molar-refractivity contribution in [3.05, 3.63) is 36.0 Å². The highest BCUT2D eigenvalue weighted by Crippen LogP contribution is 2.25. The topological polar surface area (TPSA) is 102 Å². The molecule has 122 valence electrons. The van der Waals surface area contributed by atoms with Crippen molar-refractivity contribution in [2.75, 3.05) is 11.6 Å². The van der Waals surface area contributed by atoms with Crippen molar-refractivity contribution in [1.82, 2.24) is 4.98 Å². The van der Waals surface area contributed by atoms with Gasteiger partial charge < -0.3 is 4.74 Å². The van der Waals surface area contributed by atoms with Crippen LogP contribution in [0.1, 0.15) is 23.7 Å². The SMILES string of the molecule is CCC(=O)Oc1ccccc1C(=O)Nc1ncc(S(C)(=O)=O)s1. The van der Waals surface area contributed by atoms with Gasteiger partial charge in [0, 0.05) is 12.7 Å². The zero-order chi connectivity index (χ0) is 17.0. The van der Waals surface area contributed by atoms with Gasteiger partial charge in [-0.3, -0.25) is 14.9 Å². The molecule has 7 nitrogen and oxygen atoms in total. The van der Waals surface area contributed by atoms with E-state index < -0.39 is 21.7 Å². The van der Waals surface area contributed by atoms with E-state index in [0.717, 1.165) is 17.6 Å². The first-order chi connectivity index (χ1) is 10.8. The maximum atomic E-state index is 12.3. The number of carbonyl (C=O) groups is 2. The molecule has 0 unspecified atom stereocenters. The first-order valence-corrected chi connectivity index (χ1v) is 9.29. The van der Waals surface area contributed by atoms with Crippen LogP contribution in [0.2, 0.25) is 0 Å². The minimum atomic E-state index is -3.37. The highest BCUT2D eigenvalue weighted by Gasteiger charge is 2.17. The molecule has 0 spiro atoms. The number of thiazole rings is 1. The number of amides is 1. The fraction of sp³-hybridized carbons (Fsp3) is 0.214. The van der Waals surface area contributed by atoms with Crippen molar-refractivity contribution in [1.29, 1.82) is 0 Å². The summed E-state index contributed by atoms with van der Waals surface area (Å²) in [7, 11) is -3.37. The lowest BCUT2D eigenvalue weighted by molar-refractivity contribution is -0.134. The van der Waals surface area contributed by atoms with Gasteiger partial charge in [0.1, 0.15) is 9.96 Å². The Balaban J connectivity index is 2.21. The van der Waals surface area contributed by atoms with Crippen LogP contribution in [-0.2, 0) is 14.6 Å². The lowest BCUT2D eigenvalue weighted by Gasteiger charge is -2.08. The second kappa shape index (κ2) is 6.88. The van der Waals surface area contributed by atoms with Gasteiger partial charge in [-0.15, -0.1) is 0 Å². The monoisotopic (exact) mass is 354 g/mol. The number of hydrogen-bond acceptors (Lipinski definition) is 7. The third kappa shape index (κ3) is 4.36. The summed E-state index contributed by atoms with van der Waals surface area (Å²) >= 11 is 0.848. The molecule has 0 aliphatic rings. The van der Waals surface area contributed by atoms with E-state index in [1.807, 2.05) is 0 Å². The fourth-order valence-electron chi connectivity index (χ4n) is 1.59. The van der Waals surface area contributed by atoms with Gasteiger partial charge in [-0.2, -0.15) is 0 Å². The average Bonchev–Trinajstić information content (AvgIpc) is 2.96. The van der Waals surface area contributed by atoms with Gasteiger partial charge in [0.25, 0.3) is 5.91 Å². The summed E-state index contributed by atoms with van der Waals surface area (Å²) in [5.41, 5.74) is 0.158. The highest BCUT2D eigenvalue weighted by atomic mass is 32.2. The number of benzene rings is 1. The molecular weight excluding hydrogens is 340 g/mol. The maximum Gasteiger partial charge on any atom is 0.310 e. The summed E-state index contributed by atoms with van der Waals surface area (Å²) in [6.07, 6.45) is 2.42. The molecule has 0 saturated heterocycles. The van der Waals surface area contributed by atoms with Crippen molar-refractivity contribution in [3.63, 3.8) is 0 Å². The molecule has 0 saturated carbocycles. The number of nitrogens with one attached hydrogen (secondary N) is 1. The zero-order valence-corrected chi connectivity index (χ0v) is 14.0. The first-order valence-electron chi connectivity index (χ1n) is 6.58. The number of ether oxygens (including phenoxy) is 1. The second-order valence-corrected chi connectivity index (χ2v) is 7.81. The number of esters is 1. The first kappa shape index (κ1) is 17.1. The van der Waals surface area contributed by atoms with Gasteiger partial charge in [0.05, 0.1) is 11.8 Å². The van der Waals surface area contributed by atoms with Gasteiger partial charge in [0.15, 0.2) is 15.0 Å². The largest absolute Gasteiger partial charge is 0.426 e. The molecule has 9 heteroatoms. The van der Waals surface area contributed by atoms with E-state index in [1.165, 1.54) is 18.3 Å². The van der Waals surface area contributed by atoms with Crippen molar-refractivity contribution in [2.45, 2.75) is 17.6 Å². The summed E-state index contributed by atoms with van der Waals surface area (Å²) in [6.45, 7) is 1.65. The standard InChI is InChI=1S/C14H14N2O5S2/c1-3-11(17)21-10-7-5-4-6-9(10)13(18)16-14-15-8-12(22-14)23(2,19)20/h4-8H,3H2,1-2H3,(H,15,16,18). The third-order valence-electron chi connectivity index (χ3n) is 2.71. The Kier molecular flexibility index (Phi) is 5.12. The van der Waals surface area contributed by atoms with E-state index >= 15 is 0 Å². The predicted octanol–water partition coefficient (Wildman–Crippen LogP) is 2.11. The van der Waals surface area contributed by atoms with Crippen LogP contribution in [0.15, 0.2) is 34.7 Å². The Morgan fingerprint density at radius 2 is 2.00 bits per heavy atom. The summed E-state index contributed by atoms with van der Waals surface area (Å²) in [5.74, 6) is -0.866. The smallest absolute Gasteiger partial charge is 0.310 e. The van der Waals surface area contributed by atoms with Crippen molar-refractivity contribution in [3.8, 4) is 5.75 Å². The molecule has 0 fully saturated rings. The Morgan fingerprint density at radius 3 is 2.61 bits per heavy atom. The van der Waals surface area contributed by atoms with Crippen LogP contribution in [0.3, 0.4) is 0 Å². The molecule has 1 aromatic heterocycles. The van der Waals surface area contributed by atoms with E-state index in [0.29, 0.717) is 0 Å². The molecule has 1 amide bonds. The van der Waals surface area contributed by atoms with E-state index in [1.54, 1.807) is 19.1 Å². The Morgan fingerprint density at radius 1 is 1.30 bits per heavy atom. The molecule has 23 heavy (non-hydrogen) atoms. The van der Waals surface area contributed by atoms with E-state index in [9.17, 15) is 18.0 Å². The summed E-state index contributed by atoms with van der Waals surface area (Å²) in [4.78, 5) is 27.5. The van der Waals surface area contributed by atoms with Gasteiger partial charge in [-0.25, -0.2) is 13.4 Å². The van der Waals surface area contributed by atoms with Gasteiger partial charge >= 0.3 is 5.97 Å². The van der Waals surface area contributed by atoms with Crippen molar-refractivity contribution in [2.24, 2.45) is 0 Å². The Hall–Kier alpha value is -2.26. The minimum Gasteiger partial charge on any atom is -0.426 e. The van der Waals surface area contributed by atoms with Crippen LogP contribution >= 0.6 is 11.3 Å². The van der Waals surface area contributed by atoms with Crippen LogP contribution in [0.25, 0.3) is 0 Å². The molecule has 1 N–H and O–H groups in total. The van der Waals surface area contributed by atoms with Crippen molar-refractivity contribution >= 4 is 38.2 Å². The number of carbonyl (C=O) groups excluding carboxylic acids is 2. The third-order valence-corrected chi connectivity index (χ3v) is 5.42. The predicted molar refractivity (Wildman–Crippen MR) is 85.5 cm³/mol. The van der Waals surface area contributed by atoms with Crippen molar-refractivity contribution < 1.29 is 22.7 Å². The van der Waals surface area contributed by atoms with Gasteiger partial charge in [-0.1, -0.05) is 30.4 Å². The molecule has 0 bridgehead atoms. The molecule has 1 aromatic carbocycles. The zero-order valence-electron chi connectivity index (χ0n) is 12.4. The highest BCUT2D eigenvalue weighted by molar-refractivity contribution is 7.92. The number of aromatic nitrogens is 1. The summed E-state index contributed by atoms with van der Waals surface area (Å²) < 4.78 is 28.0. The number of sulfone groups is 1. The van der Waals surface area contributed by atoms with Crippen LogP contribution < -0.4 is 10.1 Å². The Bertz CT molecular complexity index is 842. The molecule has 0 aliphatic carbocycles. The number of nitrogens with zero attached hydrogens (tertiary/aromatic N) is 1. The lowest BCUT2D eigenvalue weighted by atomic mass is 10.2. The van der Waals surface area contributed by atoms with Gasteiger partial charge in [0.2, 0.25) is 0 Å². The molecule has 0 aliphatic heterocycles. The molecule has 2 rings (SSSR count). The number of hydrogen-bond donors (Lipinski definition) is 1. The molecule has 2 aromatic rings. The summed E-state index contributed by atoms with van der Waals surface area (Å²) in [5, 5.41) is 2.64. The van der Waals surface area contributed by atoms with E-state index in [4.69, 9.17) is 4.74 Å². The van der Waals surface area contributed by atoms with Crippen LogP contribution in [0, 0.1) is 0 Å².